The number of benzene rings is 1. The van der Waals surface area contributed by atoms with Crippen molar-refractivity contribution in [1.29, 1.82) is 0 Å². The third-order valence-corrected chi connectivity index (χ3v) is 4.52. The van der Waals surface area contributed by atoms with Crippen LogP contribution in [-0.2, 0) is 0 Å². The van der Waals surface area contributed by atoms with Crippen LogP contribution in [0, 0.1) is 5.92 Å². The van der Waals surface area contributed by atoms with Gasteiger partial charge in [0.2, 0.25) is 0 Å². The van der Waals surface area contributed by atoms with Crippen molar-refractivity contribution < 1.29 is 4.79 Å². The van der Waals surface area contributed by atoms with Gasteiger partial charge in [-0.25, -0.2) is 0 Å². The Bertz CT molecular complexity index is 589. The van der Waals surface area contributed by atoms with Gasteiger partial charge in [0.1, 0.15) is 0 Å². The molecule has 0 amide bonds. The van der Waals surface area contributed by atoms with Crippen LogP contribution in [0.15, 0.2) is 34.8 Å². The fourth-order valence-electron chi connectivity index (χ4n) is 1.59. The molecule has 0 saturated heterocycles. The van der Waals surface area contributed by atoms with Crippen LogP contribution in [0.25, 0.3) is 10.4 Å². The normalized spacial score (nSPS) is 10.9. The Morgan fingerprint density at radius 3 is 2.67 bits per heavy atom. The Balaban J connectivity index is 2.41. The molecule has 0 unspecified atom stereocenters. The monoisotopic (exact) mass is 342 g/mol. The Hall–Kier alpha value is -0.640. The summed E-state index contributed by atoms with van der Waals surface area (Å²) < 4.78 is 0.979. The van der Waals surface area contributed by atoms with Gasteiger partial charge in [0, 0.05) is 25.9 Å². The molecule has 18 heavy (non-hydrogen) atoms. The average molecular weight is 344 g/mol. The standard InChI is InChI=1S/C14H12BrClOS/c1-8(2)14(17)13-6-5-12(18-13)10-7-9(15)3-4-11(10)16/h3-8H,1-2H3. The number of hydrogen-bond donors (Lipinski definition) is 0. The molecular formula is C14H12BrClOS. The van der Waals surface area contributed by atoms with Crippen LogP contribution in [0.2, 0.25) is 5.02 Å². The second-order valence-electron chi connectivity index (χ2n) is 4.31. The van der Waals surface area contributed by atoms with Crippen LogP contribution in [0.1, 0.15) is 23.5 Å². The third-order valence-electron chi connectivity index (χ3n) is 2.57. The van der Waals surface area contributed by atoms with E-state index in [1.54, 1.807) is 0 Å². The lowest BCUT2D eigenvalue weighted by Gasteiger charge is -2.02. The Morgan fingerprint density at radius 1 is 1.28 bits per heavy atom. The zero-order chi connectivity index (χ0) is 13.3. The lowest BCUT2D eigenvalue weighted by atomic mass is 10.1. The molecule has 2 aromatic rings. The van der Waals surface area contributed by atoms with Gasteiger partial charge in [0.15, 0.2) is 5.78 Å². The van der Waals surface area contributed by atoms with E-state index in [1.807, 2.05) is 44.2 Å². The minimum absolute atomic E-state index is 0.0227. The summed E-state index contributed by atoms with van der Waals surface area (Å²) >= 11 is 11.1. The van der Waals surface area contributed by atoms with Gasteiger partial charge in [-0.3, -0.25) is 4.79 Å². The highest BCUT2D eigenvalue weighted by Gasteiger charge is 2.14. The lowest BCUT2D eigenvalue weighted by molar-refractivity contribution is 0.0943. The molecule has 1 aromatic heterocycles. The Kier molecular flexibility index (Phi) is 4.25. The molecule has 0 aliphatic rings. The molecule has 4 heteroatoms. The van der Waals surface area contributed by atoms with Crippen molar-refractivity contribution in [3.63, 3.8) is 0 Å². The van der Waals surface area contributed by atoms with E-state index in [0.717, 1.165) is 19.8 Å². The maximum atomic E-state index is 11.9. The predicted molar refractivity (Wildman–Crippen MR) is 81.6 cm³/mol. The van der Waals surface area contributed by atoms with Crippen molar-refractivity contribution in [2.24, 2.45) is 5.92 Å². The fourth-order valence-corrected chi connectivity index (χ4v) is 3.35. The summed E-state index contributed by atoms with van der Waals surface area (Å²) in [5, 5.41) is 0.698. The molecule has 94 valence electrons. The van der Waals surface area contributed by atoms with E-state index < -0.39 is 0 Å². The van der Waals surface area contributed by atoms with E-state index >= 15 is 0 Å². The van der Waals surface area contributed by atoms with Crippen LogP contribution < -0.4 is 0 Å². The van der Waals surface area contributed by atoms with E-state index in [-0.39, 0.29) is 11.7 Å². The Labute approximate surface area is 124 Å². The van der Waals surface area contributed by atoms with Gasteiger partial charge in [-0.15, -0.1) is 11.3 Å². The largest absolute Gasteiger partial charge is 0.293 e. The summed E-state index contributed by atoms with van der Waals surface area (Å²) in [6.07, 6.45) is 0. The van der Waals surface area contributed by atoms with Gasteiger partial charge in [0.05, 0.1) is 4.88 Å². The highest BCUT2D eigenvalue weighted by atomic mass is 79.9. The predicted octanol–water partition coefficient (Wildman–Crippen LogP) is 5.67. The molecular weight excluding hydrogens is 332 g/mol. The van der Waals surface area contributed by atoms with Crippen LogP contribution in [0.4, 0.5) is 0 Å². The number of halogens is 2. The van der Waals surface area contributed by atoms with E-state index in [4.69, 9.17) is 11.6 Å². The molecule has 0 radical (unpaired) electrons. The zero-order valence-electron chi connectivity index (χ0n) is 10.0. The number of thiophene rings is 1. The summed E-state index contributed by atoms with van der Waals surface area (Å²) in [5.41, 5.74) is 0.957. The van der Waals surface area contributed by atoms with Crippen molar-refractivity contribution in [3.05, 3.63) is 44.7 Å². The molecule has 0 saturated carbocycles. The molecule has 1 nitrogen and oxygen atoms in total. The van der Waals surface area contributed by atoms with Crippen molar-refractivity contribution in [3.8, 4) is 10.4 Å². The molecule has 0 atom stereocenters. The molecule has 1 heterocycles. The topological polar surface area (TPSA) is 17.1 Å². The van der Waals surface area contributed by atoms with Gasteiger partial charge in [-0.2, -0.15) is 0 Å². The highest BCUT2D eigenvalue weighted by molar-refractivity contribution is 9.10. The van der Waals surface area contributed by atoms with Gasteiger partial charge >= 0.3 is 0 Å². The summed E-state index contributed by atoms with van der Waals surface area (Å²) in [7, 11) is 0. The minimum atomic E-state index is 0.0227. The fraction of sp³-hybridized carbons (Fsp3) is 0.214. The SMILES string of the molecule is CC(C)C(=O)c1ccc(-c2cc(Br)ccc2Cl)s1. The smallest absolute Gasteiger partial charge is 0.175 e. The number of rotatable bonds is 3. The molecule has 0 N–H and O–H groups in total. The summed E-state index contributed by atoms with van der Waals surface area (Å²) in [4.78, 5) is 13.7. The first-order valence-corrected chi connectivity index (χ1v) is 7.57. The van der Waals surface area contributed by atoms with Gasteiger partial charge in [0.25, 0.3) is 0 Å². The van der Waals surface area contributed by atoms with Gasteiger partial charge in [-0.05, 0) is 30.3 Å². The molecule has 2 rings (SSSR count). The Morgan fingerprint density at radius 2 is 2.00 bits per heavy atom. The number of hydrogen-bond acceptors (Lipinski definition) is 2. The van der Waals surface area contributed by atoms with E-state index in [1.165, 1.54) is 11.3 Å². The van der Waals surface area contributed by atoms with Crippen LogP contribution in [0.3, 0.4) is 0 Å². The van der Waals surface area contributed by atoms with E-state index in [0.29, 0.717) is 5.02 Å². The average Bonchev–Trinajstić information content (AvgIpc) is 2.80. The molecule has 0 bridgehead atoms. The van der Waals surface area contributed by atoms with Crippen molar-refractivity contribution in [2.75, 3.05) is 0 Å². The third kappa shape index (κ3) is 2.85. The lowest BCUT2D eigenvalue weighted by Crippen LogP contribution is -2.04. The quantitative estimate of drug-likeness (QED) is 0.656. The molecule has 0 fully saturated rings. The van der Waals surface area contributed by atoms with Crippen molar-refractivity contribution >= 4 is 44.7 Å². The minimum Gasteiger partial charge on any atom is -0.293 e. The first kappa shape index (κ1) is 13.8. The molecule has 0 aliphatic carbocycles. The number of carbonyl (C=O) groups excluding carboxylic acids is 1. The number of Topliss-reactive ketones (excluding diaryl/α,β-unsaturated/α-hetero) is 1. The molecule has 0 aliphatic heterocycles. The van der Waals surface area contributed by atoms with Crippen molar-refractivity contribution in [2.45, 2.75) is 13.8 Å². The van der Waals surface area contributed by atoms with Gasteiger partial charge in [-0.1, -0.05) is 41.4 Å². The second kappa shape index (κ2) is 5.55. The van der Waals surface area contributed by atoms with Gasteiger partial charge < -0.3 is 0 Å². The molecule has 0 spiro atoms. The molecule has 1 aromatic carbocycles. The first-order chi connectivity index (χ1) is 8.49. The number of carbonyl (C=O) groups is 1. The van der Waals surface area contributed by atoms with Crippen LogP contribution in [-0.4, -0.2) is 5.78 Å². The maximum absolute atomic E-state index is 11.9. The summed E-state index contributed by atoms with van der Waals surface area (Å²) in [5.74, 6) is 0.201. The highest BCUT2D eigenvalue weighted by Crippen LogP contribution is 2.35. The number of ketones is 1. The van der Waals surface area contributed by atoms with E-state index in [9.17, 15) is 4.79 Å². The van der Waals surface area contributed by atoms with Crippen LogP contribution >= 0.6 is 38.9 Å². The van der Waals surface area contributed by atoms with E-state index in [2.05, 4.69) is 15.9 Å². The maximum Gasteiger partial charge on any atom is 0.175 e. The zero-order valence-corrected chi connectivity index (χ0v) is 13.2. The first-order valence-electron chi connectivity index (χ1n) is 5.58. The second-order valence-corrected chi connectivity index (χ2v) is 6.71. The van der Waals surface area contributed by atoms with Crippen molar-refractivity contribution in [1.82, 2.24) is 0 Å². The summed E-state index contributed by atoms with van der Waals surface area (Å²) in [6, 6.07) is 9.55. The summed E-state index contributed by atoms with van der Waals surface area (Å²) in [6.45, 7) is 3.82. The van der Waals surface area contributed by atoms with Crippen LogP contribution in [0.5, 0.6) is 0 Å².